The molecule has 1 amide bonds. The number of benzene rings is 1. The Morgan fingerprint density at radius 3 is 2.71 bits per heavy atom. The van der Waals surface area contributed by atoms with Crippen molar-refractivity contribution < 1.29 is 18.0 Å². The van der Waals surface area contributed by atoms with E-state index in [4.69, 9.17) is 11.6 Å². The largest absolute Gasteiger partial charge is 0.418 e. The number of hydrogen-bond acceptors (Lipinski definition) is 2. The fourth-order valence-corrected chi connectivity index (χ4v) is 2.74. The normalized spacial score (nSPS) is 22.3. The number of rotatable bonds is 3. The van der Waals surface area contributed by atoms with Crippen LogP contribution in [0, 0.1) is 0 Å². The second kappa shape index (κ2) is 5.85. The molecule has 0 aromatic heterocycles. The number of hydrogen-bond donors (Lipinski definition) is 2. The Morgan fingerprint density at radius 1 is 1.48 bits per heavy atom. The van der Waals surface area contributed by atoms with Crippen LogP contribution in [0.25, 0.3) is 0 Å². The Hall–Kier alpha value is -1.27. The molecule has 1 atom stereocenters. The molecule has 0 bridgehead atoms. The smallest absolute Gasteiger partial charge is 0.324 e. The van der Waals surface area contributed by atoms with Crippen LogP contribution in [0.2, 0.25) is 5.02 Å². The summed E-state index contributed by atoms with van der Waals surface area (Å²) < 4.78 is 39.0. The summed E-state index contributed by atoms with van der Waals surface area (Å²) in [6, 6.07) is 3.33. The standard InChI is InChI=1S/C14H16ClF3N2O/c1-2-13(6-3-7-19-13)12(21)20-11-5-4-9(15)8-10(11)14(16,17)18/h4-5,8,19H,2-3,6-7H2,1H3,(H,20,21). The van der Waals surface area contributed by atoms with Crippen LogP contribution >= 0.6 is 11.6 Å². The zero-order chi connectivity index (χ0) is 15.7. The fraction of sp³-hybridized carbons (Fsp3) is 0.500. The Kier molecular flexibility index (Phi) is 4.49. The quantitative estimate of drug-likeness (QED) is 0.888. The predicted molar refractivity (Wildman–Crippen MR) is 75.3 cm³/mol. The lowest BCUT2D eigenvalue weighted by Crippen LogP contribution is -2.50. The zero-order valence-corrected chi connectivity index (χ0v) is 12.2. The average molecular weight is 321 g/mol. The lowest BCUT2D eigenvalue weighted by atomic mass is 9.93. The highest BCUT2D eigenvalue weighted by Gasteiger charge is 2.41. The summed E-state index contributed by atoms with van der Waals surface area (Å²) in [7, 11) is 0. The molecule has 1 aromatic carbocycles. The van der Waals surface area contributed by atoms with Gasteiger partial charge in [0.25, 0.3) is 0 Å². The van der Waals surface area contributed by atoms with Crippen molar-refractivity contribution in [2.75, 3.05) is 11.9 Å². The highest BCUT2D eigenvalue weighted by atomic mass is 35.5. The van der Waals surface area contributed by atoms with Gasteiger partial charge in [0.05, 0.1) is 16.8 Å². The first kappa shape index (κ1) is 16.1. The van der Waals surface area contributed by atoms with Crippen LogP contribution in [0.15, 0.2) is 18.2 Å². The van der Waals surface area contributed by atoms with E-state index in [-0.39, 0.29) is 10.7 Å². The monoisotopic (exact) mass is 320 g/mol. The second-order valence-electron chi connectivity index (χ2n) is 5.11. The Morgan fingerprint density at radius 2 is 2.19 bits per heavy atom. The summed E-state index contributed by atoms with van der Waals surface area (Å²) in [4.78, 5) is 12.4. The van der Waals surface area contributed by atoms with Gasteiger partial charge in [-0.2, -0.15) is 13.2 Å². The van der Waals surface area contributed by atoms with Gasteiger partial charge in [0.15, 0.2) is 0 Å². The van der Waals surface area contributed by atoms with E-state index in [1.54, 1.807) is 0 Å². The molecule has 1 aliphatic rings. The molecule has 1 aromatic rings. The van der Waals surface area contributed by atoms with Crippen molar-refractivity contribution in [1.82, 2.24) is 5.32 Å². The van der Waals surface area contributed by atoms with Gasteiger partial charge >= 0.3 is 6.18 Å². The van der Waals surface area contributed by atoms with Gasteiger partial charge in [-0.05, 0) is 44.0 Å². The van der Waals surface area contributed by atoms with Gasteiger partial charge in [-0.25, -0.2) is 0 Å². The molecule has 1 unspecified atom stereocenters. The number of halogens is 4. The molecule has 2 N–H and O–H groups in total. The molecule has 2 rings (SSSR count). The predicted octanol–water partition coefficient (Wildman–Crippen LogP) is 3.83. The second-order valence-corrected chi connectivity index (χ2v) is 5.54. The first-order valence-corrected chi connectivity index (χ1v) is 7.09. The number of carbonyl (C=O) groups is 1. The van der Waals surface area contributed by atoms with Crippen molar-refractivity contribution >= 4 is 23.2 Å². The Bertz CT molecular complexity index is 540. The third-order valence-corrected chi connectivity index (χ3v) is 4.05. The van der Waals surface area contributed by atoms with E-state index in [0.717, 1.165) is 12.5 Å². The van der Waals surface area contributed by atoms with E-state index in [2.05, 4.69) is 10.6 Å². The topological polar surface area (TPSA) is 41.1 Å². The summed E-state index contributed by atoms with van der Waals surface area (Å²) in [6.07, 6.45) is -2.61. The summed E-state index contributed by atoms with van der Waals surface area (Å²) in [5.74, 6) is -0.435. The van der Waals surface area contributed by atoms with Crippen molar-refractivity contribution in [2.45, 2.75) is 37.9 Å². The first-order valence-electron chi connectivity index (χ1n) is 6.72. The number of amides is 1. The minimum atomic E-state index is -4.57. The van der Waals surface area contributed by atoms with Crippen LogP contribution in [0.3, 0.4) is 0 Å². The van der Waals surface area contributed by atoms with Gasteiger partial charge < -0.3 is 10.6 Å². The van der Waals surface area contributed by atoms with Crippen molar-refractivity contribution in [3.8, 4) is 0 Å². The van der Waals surface area contributed by atoms with Crippen molar-refractivity contribution in [3.63, 3.8) is 0 Å². The summed E-state index contributed by atoms with van der Waals surface area (Å²) in [6.45, 7) is 2.53. The van der Waals surface area contributed by atoms with Gasteiger partial charge in [-0.15, -0.1) is 0 Å². The Balaban J connectivity index is 2.29. The zero-order valence-electron chi connectivity index (χ0n) is 11.5. The molecule has 7 heteroatoms. The van der Waals surface area contributed by atoms with Gasteiger partial charge in [0, 0.05) is 5.02 Å². The molecular formula is C14H16ClF3N2O. The maximum atomic E-state index is 13.0. The van der Waals surface area contributed by atoms with Gasteiger partial charge in [-0.3, -0.25) is 4.79 Å². The molecule has 3 nitrogen and oxygen atoms in total. The van der Waals surface area contributed by atoms with Crippen LogP contribution < -0.4 is 10.6 Å². The molecule has 0 spiro atoms. The summed E-state index contributed by atoms with van der Waals surface area (Å²) in [5, 5.41) is 5.46. The molecular weight excluding hydrogens is 305 g/mol. The lowest BCUT2D eigenvalue weighted by Gasteiger charge is -2.27. The number of nitrogens with one attached hydrogen (secondary N) is 2. The number of carbonyl (C=O) groups excluding carboxylic acids is 1. The highest BCUT2D eigenvalue weighted by Crippen LogP contribution is 2.37. The molecule has 0 aliphatic carbocycles. The molecule has 1 heterocycles. The molecule has 1 aliphatic heterocycles. The van der Waals surface area contributed by atoms with Crippen LogP contribution in [0.5, 0.6) is 0 Å². The maximum absolute atomic E-state index is 13.0. The van der Waals surface area contributed by atoms with Crippen LogP contribution in [0.1, 0.15) is 31.7 Å². The summed E-state index contributed by atoms with van der Waals surface area (Å²) >= 11 is 5.62. The fourth-order valence-electron chi connectivity index (χ4n) is 2.56. The lowest BCUT2D eigenvalue weighted by molar-refractivity contribution is -0.137. The van der Waals surface area contributed by atoms with Crippen LogP contribution in [-0.2, 0) is 11.0 Å². The third-order valence-electron chi connectivity index (χ3n) is 3.82. The Labute approximate surface area is 125 Å². The maximum Gasteiger partial charge on any atom is 0.418 e. The SMILES string of the molecule is CCC1(C(=O)Nc2ccc(Cl)cc2C(F)(F)F)CCCN1. The highest BCUT2D eigenvalue weighted by molar-refractivity contribution is 6.30. The van der Waals surface area contributed by atoms with Crippen molar-refractivity contribution in [3.05, 3.63) is 28.8 Å². The first-order chi connectivity index (χ1) is 9.78. The van der Waals surface area contributed by atoms with E-state index in [0.29, 0.717) is 19.4 Å². The van der Waals surface area contributed by atoms with E-state index >= 15 is 0 Å². The van der Waals surface area contributed by atoms with E-state index in [1.807, 2.05) is 6.92 Å². The minimum Gasteiger partial charge on any atom is -0.324 e. The van der Waals surface area contributed by atoms with Crippen LogP contribution in [0.4, 0.5) is 18.9 Å². The molecule has 1 fully saturated rings. The summed E-state index contributed by atoms with van der Waals surface area (Å²) in [5.41, 5.74) is -1.99. The van der Waals surface area contributed by atoms with Gasteiger partial charge in [0.1, 0.15) is 0 Å². The minimum absolute atomic E-state index is 0.0236. The van der Waals surface area contributed by atoms with E-state index in [9.17, 15) is 18.0 Å². The van der Waals surface area contributed by atoms with Gasteiger partial charge in [-0.1, -0.05) is 18.5 Å². The van der Waals surface area contributed by atoms with Crippen LogP contribution in [-0.4, -0.2) is 18.0 Å². The molecule has 1 saturated heterocycles. The molecule has 0 saturated carbocycles. The molecule has 0 radical (unpaired) electrons. The molecule has 116 valence electrons. The van der Waals surface area contributed by atoms with Gasteiger partial charge in [0.2, 0.25) is 5.91 Å². The number of anilines is 1. The third kappa shape index (κ3) is 3.32. The molecule has 21 heavy (non-hydrogen) atoms. The van der Waals surface area contributed by atoms with E-state index in [1.165, 1.54) is 12.1 Å². The average Bonchev–Trinajstić information content (AvgIpc) is 2.89. The number of alkyl halides is 3. The van der Waals surface area contributed by atoms with Crippen molar-refractivity contribution in [2.24, 2.45) is 0 Å². The van der Waals surface area contributed by atoms with E-state index < -0.39 is 23.2 Å². The van der Waals surface area contributed by atoms with Crippen molar-refractivity contribution in [1.29, 1.82) is 0 Å².